The smallest absolute Gasteiger partial charge is 0.313 e. The summed E-state index contributed by atoms with van der Waals surface area (Å²) in [5.41, 5.74) is 7.12. The Morgan fingerprint density at radius 2 is 1.97 bits per heavy atom. The zero-order valence-corrected chi connectivity index (χ0v) is 19.5. The van der Waals surface area contributed by atoms with E-state index in [0.29, 0.717) is 13.0 Å². The summed E-state index contributed by atoms with van der Waals surface area (Å²) in [4.78, 5) is 55.9. The zero-order valence-electron chi connectivity index (χ0n) is 19.5. The SMILES string of the molecule is C[C@@H]1CC[C@@H](C2=[C+]C=C(NCC(=O)N(C)C)C=C2)N(C(=O)C(=O)Nc2cncc(C(N)=O)c2)C1. The van der Waals surface area contributed by atoms with E-state index in [9.17, 15) is 19.2 Å². The molecule has 1 aliphatic heterocycles. The Labute approximate surface area is 198 Å². The third-order valence-corrected chi connectivity index (χ3v) is 5.69. The molecule has 10 nitrogen and oxygen atoms in total. The van der Waals surface area contributed by atoms with Gasteiger partial charge in [0.1, 0.15) is 23.9 Å². The first kappa shape index (κ1) is 24.6. The molecule has 10 heteroatoms. The molecule has 0 aromatic carbocycles. The maximum absolute atomic E-state index is 13.1. The number of nitrogens with one attached hydrogen (secondary N) is 2. The van der Waals surface area contributed by atoms with Crippen molar-refractivity contribution in [2.75, 3.05) is 32.5 Å². The van der Waals surface area contributed by atoms with Crippen LogP contribution in [0.3, 0.4) is 0 Å². The number of likely N-dealkylation sites (tertiary alicyclic amines) is 1. The minimum absolute atomic E-state index is 0.0512. The minimum Gasteiger partial charge on any atom is -0.366 e. The van der Waals surface area contributed by atoms with E-state index in [1.807, 2.05) is 19.1 Å². The van der Waals surface area contributed by atoms with E-state index in [1.54, 1.807) is 25.1 Å². The van der Waals surface area contributed by atoms with Crippen molar-refractivity contribution >= 4 is 29.3 Å². The van der Waals surface area contributed by atoms with Crippen LogP contribution in [0.4, 0.5) is 5.69 Å². The highest BCUT2D eigenvalue weighted by Crippen LogP contribution is 2.28. The number of hydrogen-bond donors (Lipinski definition) is 3. The molecule has 178 valence electrons. The predicted octanol–water partition coefficient (Wildman–Crippen LogP) is 0.607. The Kier molecular flexibility index (Phi) is 7.75. The molecule has 0 spiro atoms. The van der Waals surface area contributed by atoms with Crippen molar-refractivity contribution in [3.8, 4) is 0 Å². The lowest BCUT2D eigenvalue weighted by Crippen LogP contribution is -2.51. The number of primary amides is 1. The van der Waals surface area contributed by atoms with Crippen LogP contribution >= 0.6 is 0 Å². The number of anilines is 1. The summed E-state index contributed by atoms with van der Waals surface area (Å²) in [5, 5.41) is 5.56. The molecule has 4 N–H and O–H groups in total. The summed E-state index contributed by atoms with van der Waals surface area (Å²) in [7, 11) is 3.38. The molecule has 1 aromatic rings. The number of likely N-dealkylation sites (N-methyl/N-ethyl adjacent to an activating group) is 1. The van der Waals surface area contributed by atoms with Gasteiger partial charge in [0.25, 0.3) is 0 Å². The van der Waals surface area contributed by atoms with Crippen molar-refractivity contribution in [1.29, 1.82) is 0 Å². The lowest BCUT2D eigenvalue weighted by Gasteiger charge is -2.37. The standard InChI is InChI=1S/C24H28N6O4/c1-15-4-9-20(16-5-7-18(8-6-16)27-13-21(31)29(2)3)30(14-15)24(34)23(33)28-19-10-17(22(25)32)11-26-12-19/h5,7-8,10-12,15,20,27H,4,9,13-14H2,1-3H3,(H2-,25,28,32,33)/p+1/t15-,20+/m1/s1. The highest BCUT2D eigenvalue weighted by Gasteiger charge is 2.37. The molecule has 1 aliphatic carbocycles. The van der Waals surface area contributed by atoms with Crippen LogP contribution in [0.1, 0.15) is 30.1 Å². The molecule has 4 amide bonds. The van der Waals surface area contributed by atoms with E-state index < -0.39 is 17.7 Å². The number of nitrogens with zero attached hydrogens (tertiary/aromatic N) is 3. The summed E-state index contributed by atoms with van der Waals surface area (Å²) in [6.07, 6.45) is 12.8. The molecule has 2 atom stereocenters. The highest BCUT2D eigenvalue weighted by atomic mass is 16.2. The van der Waals surface area contributed by atoms with E-state index in [1.165, 1.54) is 23.4 Å². The van der Waals surface area contributed by atoms with Crippen molar-refractivity contribution in [2.45, 2.75) is 25.8 Å². The monoisotopic (exact) mass is 465 g/mol. The number of amides is 4. The maximum Gasteiger partial charge on any atom is 0.313 e. The first-order valence-corrected chi connectivity index (χ1v) is 11.0. The van der Waals surface area contributed by atoms with Crippen molar-refractivity contribution in [2.24, 2.45) is 11.7 Å². The summed E-state index contributed by atoms with van der Waals surface area (Å²) < 4.78 is 0. The largest absolute Gasteiger partial charge is 0.366 e. The first-order valence-electron chi connectivity index (χ1n) is 11.0. The van der Waals surface area contributed by atoms with Gasteiger partial charge in [-0.3, -0.25) is 24.2 Å². The molecule has 2 heterocycles. The summed E-state index contributed by atoms with van der Waals surface area (Å²) >= 11 is 0. The van der Waals surface area contributed by atoms with Gasteiger partial charge in [-0.15, -0.1) is 0 Å². The summed E-state index contributed by atoms with van der Waals surface area (Å²) in [5.74, 6) is -1.98. The van der Waals surface area contributed by atoms with Crippen molar-refractivity contribution < 1.29 is 19.2 Å². The van der Waals surface area contributed by atoms with Crippen LogP contribution in [0.2, 0.25) is 0 Å². The average Bonchev–Trinajstić information content (AvgIpc) is 2.82. The predicted molar refractivity (Wildman–Crippen MR) is 126 cm³/mol. The Morgan fingerprint density at radius 3 is 2.62 bits per heavy atom. The van der Waals surface area contributed by atoms with E-state index in [-0.39, 0.29) is 35.7 Å². The minimum atomic E-state index is -0.817. The van der Waals surface area contributed by atoms with Gasteiger partial charge in [0, 0.05) is 32.9 Å². The number of hydrogen-bond acceptors (Lipinski definition) is 6. The van der Waals surface area contributed by atoms with Crippen LogP contribution in [0.15, 0.2) is 48.0 Å². The second-order valence-corrected chi connectivity index (χ2v) is 8.61. The fraction of sp³-hybridized carbons (Fsp3) is 0.375. The highest BCUT2D eigenvalue weighted by molar-refractivity contribution is 6.39. The number of aromatic nitrogens is 1. The van der Waals surface area contributed by atoms with Gasteiger partial charge in [0.2, 0.25) is 11.8 Å². The number of allylic oxidation sites excluding steroid dienone is 3. The molecule has 1 saturated heterocycles. The van der Waals surface area contributed by atoms with Crippen LogP contribution in [-0.4, -0.2) is 71.6 Å². The molecule has 0 saturated carbocycles. The number of carbonyl (C=O) groups is 4. The second-order valence-electron chi connectivity index (χ2n) is 8.61. The third kappa shape index (κ3) is 6.05. The Morgan fingerprint density at radius 1 is 1.21 bits per heavy atom. The molecule has 2 aliphatic rings. The third-order valence-electron chi connectivity index (χ3n) is 5.69. The number of piperidine rings is 1. The van der Waals surface area contributed by atoms with E-state index in [4.69, 9.17) is 5.73 Å². The fourth-order valence-electron chi connectivity index (χ4n) is 3.75. The lowest BCUT2D eigenvalue weighted by molar-refractivity contribution is -0.145. The zero-order chi connectivity index (χ0) is 24.8. The van der Waals surface area contributed by atoms with Crippen LogP contribution in [0, 0.1) is 12.0 Å². The van der Waals surface area contributed by atoms with Gasteiger partial charge in [0.15, 0.2) is 0 Å². The van der Waals surface area contributed by atoms with E-state index >= 15 is 0 Å². The Hall–Kier alpha value is -4.04. The van der Waals surface area contributed by atoms with Crippen molar-refractivity contribution in [3.05, 3.63) is 59.6 Å². The molecule has 1 aromatic heterocycles. The van der Waals surface area contributed by atoms with Crippen LogP contribution in [-0.2, 0) is 14.4 Å². The van der Waals surface area contributed by atoms with Gasteiger partial charge >= 0.3 is 11.8 Å². The van der Waals surface area contributed by atoms with Crippen molar-refractivity contribution in [3.63, 3.8) is 0 Å². The molecular formula is C24H29N6O4+. The fourth-order valence-corrected chi connectivity index (χ4v) is 3.75. The van der Waals surface area contributed by atoms with Gasteiger partial charge in [-0.2, -0.15) is 0 Å². The number of pyridine rings is 1. The topological polar surface area (TPSA) is 138 Å². The maximum atomic E-state index is 13.1. The van der Waals surface area contributed by atoms with E-state index in [0.717, 1.165) is 17.7 Å². The Balaban J connectivity index is 1.71. The van der Waals surface area contributed by atoms with Gasteiger partial charge in [-0.1, -0.05) is 6.92 Å². The normalized spacial score (nSPS) is 19.3. The summed E-state index contributed by atoms with van der Waals surface area (Å²) in [6.45, 7) is 2.63. The average molecular weight is 466 g/mol. The molecule has 1 fully saturated rings. The molecule has 0 unspecified atom stereocenters. The molecule has 0 radical (unpaired) electrons. The van der Waals surface area contributed by atoms with E-state index in [2.05, 4.69) is 21.7 Å². The van der Waals surface area contributed by atoms with Crippen LogP contribution in [0.25, 0.3) is 0 Å². The summed E-state index contributed by atoms with van der Waals surface area (Å²) in [6, 6.07) is 1.07. The van der Waals surface area contributed by atoms with Crippen LogP contribution in [0.5, 0.6) is 0 Å². The van der Waals surface area contributed by atoms with Gasteiger partial charge in [0.05, 0.1) is 35.6 Å². The first-order chi connectivity index (χ1) is 16.2. The van der Waals surface area contributed by atoms with Gasteiger partial charge in [-0.05, 0) is 24.8 Å². The lowest BCUT2D eigenvalue weighted by atomic mass is 9.88. The van der Waals surface area contributed by atoms with Gasteiger partial charge in [-0.25, -0.2) is 0 Å². The van der Waals surface area contributed by atoms with Gasteiger partial charge < -0.3 is 26.2 Å². The second kappa shape index (κ2) is 10.7. The van der Waals surface area contributed by atoms with Crippen molar-refractivity contribution in [1.82, 2.24) is 20.1 Å². The number of rotatable bonds is 6. The Bertz CT molecular complexity index is 1070. The number of nitrogens with two attached hydrogens (primary N) is 1. The molecular weight excluding hydrogens is 436 g/mol. The molecule has 0 bridgehead atoms. The molecule has 3 rings (SSSR count). The molecule has 34 heavy (non-hydrogen) atoms. The number of carbonyl (C=O) groups excluding carboxylic acids is 4. The van der Waals surface area contributed by atoms with Crippen LogP contribution < -0.4 is 16.4 Å². The quantitative estimate of drug-likeness (QED) is 0.416.